The van der Waals surface area contributed by atoms with Crippen molar-refractivity contribution in [2.45, 2.75) is 18.3 Å². The molecule has 12 nitrogen and oxygen atoms in total. The number of aliphatic carboxylic acids is 1. The second kappa shape index (κ2) is 8.08. The Morgan fingerprint density at radius 2 is 2.17 bits per heavy atom. The third-order valence-electron chi connectivity index (χ3n) is 3.85. The number of esters is 1. The largest absolute Gasteiger partial charge is 0.476 e. The van der Waals surface area contributed by atoms with Gasteiger partial charge in [-0.3, -0.25) is 19.3 Å². The molecule has 3 rings (SSSR count). The van der Waals surface area contributed by atoms with Crippen LogP contribution in [0, 0.1) is 0 Å². The Hall–Kier alpha value is -3.13. The number of fused-ring (bicyclic) bond motifs is 1. The SMILES string of the molecule is CO/N=C(\C(=O)N[C@@H]1C(=O)N2C(C(=O)O)=C(OC(C)=O)CS[C@@H]12)c1csc(N)n1. The number of aromatic nitrogens is 1. The highest BCUT2D eigenvalue weighted by Crippen LogP contribution is 2.40. The van der Waals surface area contributed by atoms with Gasteiger partial charge in [0.2, 0.25) is 0 Å². The summed E-state index contributed by atoms with van der Waals surface area (Å²) in [5.74, 6) is -3.58. The lowest BCUT2D eigenvalue weighted by Crippen LogP contribution is -2.71. The Labute approximate surface area is 171 Å². The minimum Gasteiger partial charge on any atom is -0.476 e. The predicted molar refractivity (Wildman–Crippen MR) is 102 cm³/mol. The average Bonchev–Trinajstić information content (AvgIpc) is 3.08. The van der Waals surface area contributed by atoms with Gasteiger partial charge in [0.25, 0.3) is 11.8 Å². The molecule has 2 aliphatic rings. The first-order chi connectivity index (χ1) is 13.7. The first-order valence-corrected chi connectivity index (χ1v) is 9.90. The van der Waals surface area contributed by atoms with Crippen LogP contribution in [-0.4, -0.2) is 68.7 Å². The van der Waals surface area contributed by atoms with Gasteiger partial charge in [-0.2, -0.15) is 0 Å². The number of hydrogen-bond donors (Lipinski definition) is 3. The normalized spacial score (nSPS) is 21.2. The maximum atomic E-state index is 12.6. The van der Waals surface area contributed by atoms with Crippen molar-refractivity contribution in [3.63, 3.8) is 0 Å². The third-order valence-corrected chi connectivity index (χ3v) is 5.78. The quantitative estimate of drug-likeness (QED) is 0.222. The van der Waals surface area contributed by atoms with Gasteiger partial charge >= 0.3 is 11.9 Å². The topological polar surface area (TPSA) is 174 Å². The number of anilines is 1. The van der Waals surface area contributed by atoms with E-state index in [0.717, 1.165) is 34.9 Å². The third kappa shape index (κ3) is 3.88. The monoisotopic (exact) mass is 441 g/mol. The number of carbonyl (C=O) groups excluding carboxylic acids is 3. The van der Waals surface area contributed by atoms with Crippen LogP contribution in [0.4, 0.5) is 5.13 Å². The molecule has 0 radical (unpaired) electrons. The van der Waals surface area contributed by atoms with Crippen LogP contribution >= 0.6 is 23.1 Å². The molecule has 1 aromatic rings. The van der Waals surface area contributed by atoms with Crippen LogP contribution in [-0.2, 0) is 28.8 Å². The van der Waals surface area contributed by atoms with Crippen LogP contribution in [0.15, 0.2) is 22.0 Å². The lowest BCUT2D eigenvalue weighted by molar-refractivity contribution is -0.151. The molecule has 14 heteroatoms. The van der Waals surface area contributed by atoms with Crippen LogP contribution in [0.25, 0.3) is 0 Å². The molecule has 0 unspecified atom stereocenters. The van der Waals surface area contributed by atoms with Crippen molar-refractivity contribution in [3.8, 4) is 0 Å². The molecular weight excluding hydrogens is 426 g/mol. The van der Waals surface area contributed by atoms with E-state index in [9.17, 15) is 24.3 Å². The molecule has 0 aliphatic carbocycles. The average molecular weight is 441 g/mol. The van der Waals surface area contributed by atoms with E-state index in [1.807, 2.05) is 0 Å². The van der Waals surface area contributed by atoms with E-state index in [1.165, 1.54) is 12.5 Å². The number of thioether (sulfide) groups is 1. The van der Waals surface area contributed by atoms with Crippen LogP contribution in [0.2, 0.25) is 0 Å². The number of carboxylic acid groups (broad SMARTS) is 1. The summed E-state index contributed by atoms with van der Waals surface area (Å²) in [6, 6.07) is -1.00. The fourth-order valence-electron chi connectivity index (χ4n) is 2.74. The van der Waals surface area contributed by atoms with E-state index in [1.54, 1.807) is 0 Å². The zero-order chi connectivity index (χ0) is 21.3. The van der Waals surface area contributed by atoms with Crippen molar-refractivity contribution < 1.29 is 33.9 Å². The fraction of sp³-hybridized carbons (Fsp3) is 0.333. The summed E-state index contributed by atoms with van der Waals surface area (Å²) < 4.78 is 4.92. The summed E-state index contributed by atoms with van der Waals surface area (Å²) in [6.45, 7) is 1.13. The number of oxime groups is 1. The number of nitrogens with two attached hydrogens (primary N) is 1. The van der Waals surface area contributed by atoms with E-state index in [4.69, 9.17) is 10.5 Å². The molecule has 4 N–H and O–H groups in total. The summed E-state index contributed by atoms with van der Waals surface area (Å²) >= 11 is 2.25. The van der Waals surface area contributed by atoms with Crippen LogP contribution in [0.5, 0.6) is 0 Å². The molecular formula is C15H15N5O7S2. The van der Waals surface area contributed by atoms with E-state index >= 15 is 0 Å². The molecule has 0 bridgehead atoms. The second-order valence-corrected chi connectivity index (χ2v) is 7.72. The number of nitrogen functional groups attached to an aromatic ring is 1. The van der Waals surface area contributed by atoms with E-state index in [0.29, 0.717) is 0 Å². The smallest absolute Gasteiger partial charge is 0.356 e. The number of thiazole rings is 1. The van der Waals surface area contributed by atoms with E-state index < -0.39 is 40.9 Å². The second-order valence-electron chi connectivity index (χ2n) is 5.72. The lowest BCUT2D eigenvalue weighted by atomic mass is 10.0. The molecule has 2 atom stereocenters. The zero-order valence-electron chi connectivity index (χ0n) is 15.1. The number of carboxylic acids is 1. The van der Waals surface area contributed by atoms with Crippen molar-refractivity contribution in [2.24, 2.45) is 5.16 Å². The summed E-state index contributed by atoms with van der Waals surface area (Å²) in [7, 11) is 1.25. The number of nitrogens with zero attached hydrogens (tertiary/aromatic N) is 3. The number of amides is 2. The maximum Gasteiger partial charge on any atom is 0.356 e. The highest BCUT2D eigenvalue weighted by Gasteiger charge is 2.55. The molecule has 1 aromatic heterocycles. The Morgan fingerprint density at radius 1 is 1.45 bits per heavy atom. The number of nitrogens with one attached hydrogen (secondary N) is 1. The van der Waals surface area contributed by atoms with Crippen LogP contribution in [0.1, 0.15) is 12.6 Å². The first kappa shape index (κ1) is 20.6. The first-order valence-electron chi connectivity index (χ1n) is 7.97. The molecule has 3 heterocycles. The zero-order valence-corrected chi connectivity index (χ0v) is 16.7. The van der Waals surface area contributed by atoms with Crippen molar-refractivity contribution in [1.82, 2.24) is 15.2 Å². The van der Waals surface area contributed by atoms with Crippen LogP contribution in [0.3, 0.4) is 0 Å². The number of β-lactam (4-membered cyclic amide) rings is 1. The summed E-state index contributed by atoms with van der Waals surface area (Å²) in [4.78, 5) is 57.6. The van der Waals surface area contributed by atoms with Gasteiger partial charge in [-0.1, -0.05) is 5.16 Å². The van der Waals surface area contributed by atoms with Gasteiger partial charge in [-0.05, 0) is 0 Å². The lowest BCUT2D eigenvalue weighted by Gasteiger charge is -2.48. The standard InChI is InChI=1S/C15H15N5O7S2/c1-5(21)27-7-4-28-13-9(12(23)20(13)10(7)14(24)25)18-11(22)8(19-26-2)6-3-29-15(16)17-6/h3,9,13H,4H2,1-2H3,(H2,16,17)(H,18,22)(H,24,25)/b19-8-/t9-,13+/m1/s1. The van der Waals surface area contributed by atoms with Gasteiger partial charge in [0, 0.05) is 12.3 Å². The molecule has 29 heavy (non-hydrogen) atoms. The predicted octanol–water partition coefficient (Wildman–Crippen LogP) is -0.665. The van der Waals surface area contributed by atoms with Crippen molar-refractivity contribution in [3.05, 3.63) is 22.5 Å². The highest BCUT2D eigenvalue weighted by atomic mass is 32.2. The Morgan fingerprint density at radius 3 is 2.72 bits per heavy atom. The molecule has 0 spiro atoms. The van der Waals surface area contributed by atoms with Crippen molar-refractivity contribution in [2.75, 3.05) is 18.6 Å². The molecule has 2 amide bonds. The van der Waals surface area contributed by atoms with Gasteiger partial charge in [-0.25, -0.2) is 9.78 Å². The number of rotatable bonds is 6. The number of ether oxygens (including phenoxy) is 1. The van der Waals surface area contributed by atoms with Crippen molar-refractivity contribution >= 4 is 57.7 Å². The molecule has 2 aliphatic heterocycles. The summed E-state index contributed by atoms with van der Waals surface area (Å²) in [6.07, 6.45) is 0. The number of carbonyl (C=O) groups is 4. The van der Waals surface area contributed by atoms with Crippen molar-refractivity contribution in [1.29, 1.82) is 0 Å². The molecule has 0 saturated carbocycles. The summed E-state index contributed by atoms with van der Waals surface area (Å²) in [5.41, 5.74) is 5.15. The van der Waals surface area contributed by atoms with Gasteiger partial charge in [-0.15, -0.1) is 23.1 Å². The van der Waals surface area contributed by atoms with Gasteiger partial charge in [0.15, 0.2) is 16.5 Å². The van der Waals surface area contributed by atoms with Gasteiger partial charge in [0.1, 0.15) is 30.0 Å². The Kier molecular flexibility index (Phi) is 5.74. The molecule has 0 aromatic carbocycles. The van der Waals surface area contributed by atoms with E-state index in [2.05, 4.69) is 20.3 Å². The number of hydrogen-bond acceptors (Lipinski definition) is 11. The van der Waals surface area contributed by atoms with Crippen LogP contribution < -0.4 is 11.1 Å². The van der Waals surface area contributed by atoms with Gasteiger partial charge in [0.05, 0.1) is 5.75 Å². The molecule has 154 valence electrons. The summed E-state index contributed by atoms with van der Waals surface area (Å²) in [5, 5.41) is 16.6. The maximum absolute atomic E-state index is 12.6. The highest BCUT2D eigenvalue weighted by molar-refractivity contribution is 8.00. The Bertz CT molecular complexity index is 957. The minimum absolute atomic E-state index is 0.0453. The minimum atomic E-state index is -1.41. The molecule has 1 saturated heterocycles. The Balaban J connectivity index is 1.80. The van der Waals surface area contributed by atoms with E-state index in [-0.39, 0.29) is 28.0 Å². The fourth-order valence-corrected chi connectivity index (χ4v) is 4.55. The van der Waals surface area contributed by atoms with Gasteiger partial charge < -0.3 is 25.7 Å². The molecule has 1 fully saturated rings.